The van der Waals surface area contributed by atoms with Crippen LogP contribution in [0.2, 0.25) is 0 Å². The van der Waals surface area contributed by atoms with Crippen LogP contribution in [0.15, 0.2) is 54.6 Å². The van der Waals surface area contributed by atoms with Gasteiger partial charge in [-0.2, -0.15) is 0 Å². The Bertz CT molecular complexity index is 748. The SMILES string of the molecule is CC1CN(C(=O)c2ccc(OC(F)(F)F)cc2)CCN1c1ccccc1. The van der Waals surface area contributed by atoms with E-state index >= 15 is 0 Å². The van der Waals surface area contributed by atoms with Crippen LogP contribution in [0.25, 0.3) is 0 Å². The third kappa shape index (κ3) is 4.28. The fourth-order valence-electron chi connectivity index (χ4n) is 3.13. The Labute approximate surface area is 149 Å². The number of hydrogen-bond acceptors (Lipinski definition) is 3. The summed E-state index contributed by atoms with van der Waals surface area (Å²) in [6.07, 6.45) is -4.74. The van der Waals surface area contributed by atoms with Crippen LogP contribution in [0, 0.1) is 0 Å². The Kier molecular flexibility index (Phi) is 5.06. The summed E-state index contributed by atoms with van der Waals surface area (Å²) < 4.78 is 40.5. The molecule has 0 bridgehead atoms. The number of anilines is 1. The molecule has 0 N–H and O–H groups in total. The van der Waals surface area contributed by atoms with Crippen LogP contribution in [0.3, 0.4) is 0 Å². The number of benzene rings is 2. The molecule has 1 aliphatic rings. The third-order valence-corrected chi connectivity index (χ3v) is 4.34. The predicted octanol–water partition coefficient (Wildman–Crippen LogP) is 3.94. The van der Waals surface area contributed by atoms with E-state index in [0.717, 1.165) is 17.8 Å². The van der Waals surface area contributed by atoms with Crippen LogP contribution in [0.4, 0.5) is 18.9 Å². The molecule has 0 spiro atoms. The molecule has 0 aliphatic carbocycles. The Hall–Kier alpha value is -2.70. The van der Waals surface area contributed by atoms with Crippen LogP contribution in [0.1, 0.15) is 17.3 Å². The molecule has 2 aromatic rings. The van der Waals surface area contributed by atoms with Gasteiger partial charge in [0.05, 0.1) is 0 Å². The first kappa shape index (κ1) is 18.1. The summed E-state index contributed by atoms with van der Waals surface area (Å²) in [5.41, 5.74) is 1.46. The zero-order valence-electron chi connectivity index (χ0n) is 14.2. The lowest BCUT2D eigenvalue weighted by Crippen LogP contribution is -2.53. The zero-order chi connectivity index (χ0) is 18.7. The highest BCUT2D eigenvalue weighted by atomic mass is 19.4. The number of rotatable bonds is 3. The molecule has 26 heavy (non-hydrogen) atoms. The minimum Gasteiger partial charge on any atom is -0.406 e. The summed E-state index contributed by atoms with van der Waals surface area (Å²) in [6, 6.07) is 15.2. The van der Waals surface area contributed by atoms with Crippen LogP contribution >= 0.6 is 0 Å². The highest BCUT2D eigenvalue weighted by molar-refractivity contribution is 5.94. The van der Waals surface area contributed by atoms with Crippen molar-refractivity contribution in [2.24, 2.45) is 0 Å². The number of amides is 1. The molecule has 2 aromatic carbocycles. The molecule has 0 saturated carbocycles. The van der Waals surface area contributed by atoms with E-state index in [2.05, 4.69) is 9.64 Å². The van der Waals surface area contributed by atoms with Crippen molar-refractivity contribution < 1.29 is 22.7 Å². The molecule has 1 aliphatic heterocycles. The van der Waals surface area contributed by atoms with E-state index in [4.69, 9.17) is 0 Å². The molecule has 1 unspecified atom stereocenters. The number of halogens is 3. The van der Waals surface area contributed by atoms with E-state index in [0.29, 0.717) is 25.2 Å². The van der Waals surface area contributed by atoms with Gasteiger partial charge in [-0.15, -0.1) is 13.2 Å². The minimum absolute atomic E-state index is 0.142. The molecule has 4 nitrogen and oxygen atoms in total. The van der Waals surface area contributed by atoms with Crippen molar-refractivity contribution in [1.82, 2.24) is 4.90 Å². The summed E-state index contributed by atoms with van der Waals surface area (Å²) in [5, 5.41) is 0. The van der Waals surface area contributed by atoms with Gasteiger partial charge in [0.2, 0.25) is 0 Å². The van der Waals surface area contributed by atoms with E-state index in [1.165, 1.54) is 12.1 Å². The monoisotopic (exact) mass is 364 g/mol. The Morgan fingerprint density at radius 3 is 2.27 bits per heavy atom. The number of nitrogens with zero attached hydrogens (tertiary/aromatic N) is 2. The molecule has 0 aromatic heterocycles. The van der Waals surface area contributed by atoms with Crippen molar-refractivity contribution in [3.05, 3.63) is 60.2 Å². The van der Waals surface area contributed by atoms with E-state index in [1.54, 1.807) is 4.90 Å². The molecule has 3 rings (SSSR count). The molecular weight excluding hydrogens is 345 g/mol. The average molecular weight is 364 g/mol. The zero-order valence-corrected chi connectivity index (χ0v) is 14.2. The number of ether oxygens (including phenoxy) is 1. The number of carbonyl (C=O) groups excluding carboxylic acids is 1. The first-order chi connectivity index (χ1) is 12.3. The fourth-order valence-corrected chi connectivity index (χ4v) is 3.13. The summed E-state index contributed by atoms with van der Waals surface area (Å²) in [6.45, 7) is 3.85. The van der Waals surface area contributed by atoms with Crippen molar-refractivity contribution in [2.45, 2.75) is 19.3 Å². The molecule has 1 heterocycles. The maximum absolute atomic E-state index is 12.6. The van der Waals surface area contributed by atoms with E-state index in [-0.39, 0.29) is 17.7 Å². The van der Waals surface area contributed by atoms with Gasteiger partial charge in [0.1, 0.15) is 5.75 Å². The Balaban J connectivity index is 1.64. The molecular formula is C19H19F3N2O2. The lowest BCUT2D eigenvalue weighted by Gasteiger charge is -2.41. The number of para-hydroxylation sites is 1. The number of carbonyl (C=O) groups is 1. The standard InChI is InChI=1S/C19H19F3N2O2/c1-14-13-23(11-12-24(14)16-5-3-2-4-6-16)18(25)15-7-9-17(10-8-15)26-19(20,21)22/h2-10,14H,11-13H2,1H3. The largest absolute Gasteiger partial charge is 0.573 e. The number of hydrogen-bond donors (Lipinski definition) is 0. The summed E-state index contributed by atoms with van der Waals surface area (Å²) >= 11 is 0. The van der Waals surface area contributed by atoms with Crippen LogP contribution in [-0.4, -0.2) is 42.8 Å². The second-order valence-electron chi connectivity index (χ2n) is 6.20. The van der Waals surface area contributed by atoms with Gasteiger partial charge in [-0.3, -0.25) is 4.79 Å². The molecule has 1 saturated heterocycles. The summed E-state index contributed by atoms with van der Waals surface area (Å²) in [5.74, 6) is -0.528. The molecule has 138 valence electrons. The van der Waals surface area contributed by atoms with Gasteiger partial charge in [-0.25, -0.2) is 0 Å². The lowest BCUT2D eigenvalue weighted by molar-refractivity contribution is -0.274. The van der Waals surface area contributed by atoms with Gasteiger partial charge in [-0.05, 0) is 43.3 Å². The molecule has 7 heteroatoms. The molecule has 1 atom stereocenters. The summed E-state index contributed by atoms with van der Waals surface area (Å²) in [4.78, 5) is 16.6. The number of alkyl halides is 3. The maximum Gasteiger partial charge on any atom is 0.573 e. The fraction of sp³-hybridized carbons (Fsp3) is 0.316. The average Bonchev–Trinajstić information content (AvgIpc) is 2.61. The van der Waals surface area contributed by atoms with Crippen molar-refractivity contribution >= 4 is 11.6 Å². The second-order valence-corrected chi connectivity index (χ2v) is 6.20. The van der Waals surface area contributed by atoms with Gasteiger partial charge in [0.15, 0.2) is 0 Å². The van der Waals surface area contributed by atoms with Crippen LogP contribution in [-0.2, 0) is 0 Å². The highest BCUT2D eigenvalue weighted by Crippen LogP contribution is 2.24. The van der Waals surface area contributed by atoms with Crippen LogP contribution in [0.5, 0.6) is 5.75 Å². The van der Waals surface area contributed by atoms with E-state index in [9.17, 15) is 18.0 Å². The smallest absolute Gasteiger partial charge is 0.406 e. The number of piperazine rings is 1. The normalized spacial score (nSPS) is 17.9. The van der Waals surface area contributed by atoms with Crippen molar-refractivity contribution in [2.75, 3.05) is 24.5 Å². The first-order valence-electron chi connectivity index (χ1n) is 8.30. The Morgan fingerprint density at radius 2 is 1.69 bits per heavy atom. The quantitative estimate of drug-likeness (QED) is 0.827. The van der Waals surface area contributed by atoms with Crippen molar-refractivity contribution in [3.8, 4) is 5.75 Å². The van der Waals surface area contributed by atoms with E-state index < -0.39 is 6.36 Å². The highest BCUT2D eigenvalue weighted by Gasteiger charge is 2.31. The van der Waals surface area contributed by atoms with Gasteiger partial charge < -0.3 is 14.5 Å². The first-order valence-corrected chi connectivity index (χ1v) is 8.30. The lowest BCUT2D eigenvalue weighted by atomic mass is 10.1. The molecule has 0 radical (unpaired) electrons. The second kappa shape index (κ2) is 7.27. The van der Waals surface area contributed by atoms with Gasteiger partial charge in [0, 0.05) is 36.9 Å². The molecule has 1 fully saturated rings. The topological polar surface area (TPSA) is 32.8 Å². The summed E-state index contributed by atoms with van der Waals surface area (Å²) in [7, 11) is 0. The Morgan fingerprint density at radius 1 is 1.04 bits per heavy atom. The third-order valence-electron chi connectivity index (χ3n) is 4.34. The minimum atomic E-state index is -4.74. The van der Waals surface area contributed by atoms with Gasteiger partial charge in [-0.1, -0.05) is 18.2 Å². The maximum atomic E-state index is 12.6. The van der Waals surface area contributed by atoms with Gasteiger partial charge in [0.25, 0.3) is 5.91 Å². The van der Waals surface area contributed by atoms with Gasteiger partial charge >= 0.3 is 6.36 Å². The molecule has 1 amide bonds. The predicted molar refractivity (Wildman–Crippen MR) is 92.3 cm³/mol. The van der Waals surface area contributed by atoms with Crippen molar-refractivity contribution in [3.63, 3.8) is 0 Å². The van der Waals surface area contributed by atoms with E-state index in [1.807, 2.05) is 37.3 Å². The van der Waals surface area contributed by atoms with Crippen LogP contribution < -0.4 is 9.64 Å². The van der Waals surface area contributed by atoms with Crippen molar-refractivity contribution in [1.29, 1.82) is 0 Å².